The monoisotopic (exact) mass is 309 g/mol. The van der Waals surface area contributed by atoms with Crippen LogP contribution in [0.2, 0.25) is 0 Å². The zero-order valence-electron chi connectivity index (χ0n) is 10.1. The van der Waals surface area contributed by atoms with Crippen molar-refractivity contribution in [3.8, 4) is 0 Å². The molecule has 0 amide bonds. The quantitative estimate of drug-likeness (QED) is 0.861. The Morgan fingerprint density at radius 1 is 1.44 bits per heavy atom. The van der Waals surface area contributed by atoms with Gasteiger partial charge in [0.15, 0.2) is 5.03 Å². The second kappa shape index (κ2) is 5.81. The molecule has 0 aliphatic carbocycles. The lowest BCUT2D eigenvalue weighted by molar-refractivity contribution is 0.432. The van der Waals surface area contributed by atoms with Crippen LogP contribution in [0, 0.1) is 6.92 Å². The number of aryl methyl sites for hydroxylation is 1. The minimum Gasteiger partial charge on any atom is -0.281 e. The maximum absolute atomic E-state index is 12.5. The lowest BCUT2D eigenvalue weighted by atomic mass is 10.3. The molecule has 0 spiro atoms. The molecule has 1 saturated heterocycles. The summed E-state index contributed by atoms with van der Waals surface area (Å²) in [6.45, 7) is 2.88. The lowest BCUT2D eigenvalue weighted by Crippen LogP contribution is -2.33. The van der Waals surface area contributed by atoms with Gasteiger partial charge in [0.05, 0.1) is 5.88 Å². The molecule has 1 aliphatic rings. The van der Waals surface area contributed by atoms with E-state index < -0.39 is 10.0 Å². The summed E-state index contributed by atoms with van der Waals surface area (Å²) in [4.78, 5) is 0. The van der Waals surface area contributed by atoms with Crippen molar-refractivity contribution < 1.29 is 8.42 Å². The highest BCUT2D eigenvalue weighted by Gasteiger charge is 2.30. The molecule has 0 unspecified atom stereocenters. The first kappa shape index (κ1) is 14.2. The predicted octanol–water partition coefficient (Wildman–Crippen LogP) is 1.58. The van der Waals surface area contributed by atoms with E-state index in [1.54, 1.807) is 18.7 Å². The summed E-state index contributed by atoms with van der Waals surface area (Å²) in [7, 11) is -3.51. The van der Waals surface area contributed by atoms with E-state index in [0.29, 0.717) is 24.3 Å². The van der Waals surface area contributed by atoms with Crippen LogP contribution in [0.4, 0.5) is 0 Å². The van der Waals surface area contributed by atoms with Crippen LogP contribution in [-0.2, 0) is 15.9 Å². The molecule has 0 bridgehead atoms. The first-order valence-electron chi connectivity index (χ1n) is 5.75. The summed E-state index contributed by atoms with van der Waals surface area (Å²) in [5.41, 5.74) is 1.29. The van der Waals surface area contributed by atoms with Crippen molar-refractivity contribution >= 4 is 33.4 Å². The zero-order valence-corrected chi connectivity index (χ0v) is 12.5. The molecule has 0 saturated carbocycles. The zero-order chi connectivity index (χ0) is 13.2. The second-order valence-corrected chi connectivity index (χ2v) is 7.48. The average Bonchev–Trinajstić information content (AvgIpc) is 2.56. The van der Waals surface area contributed by atoms with E-state index >= 15 is 0 Å². The maximum atomic E-state index is 12.5. The van der Waals surface area contributed by atoms with Gasteiger partial charge in [-0.05, 0) is 19.1 Å². The molecule has 2 heterocycles. The summed E-state index contributed by atoms with van der Waals surface area (Å²) < 4.78 is 26.5. The Hall–Kier alpha value is -0.240. The molecule has 1 aromatic heterocycles. The van der Waals surface area contributed by atoms with Crippen LogP contribution >= 0.6 is 23.4 Å². The predicted molar refractivity (Wildman–Crippen MR) is 73.6 cm³/mol. The number of aromatic nitrogens is 2. The highest BCUT2D eigenvalue weighted by Crippen LogP contribution is 2.24. The summed E-state index contributed by atoms with van der Waals surface area (Å²) in [6, 6.07) is 0. The van der Waals surface area contributed by atoms with Gasteiger partial charge in [0.1, 0.15) is 0 Å². The Morgan fingerprint density at radius 3 is 2.94 bits per heavy atom. The average molecular weight is 310 g/mol. The van der Waals surface area contributed by atoms with Gasteiger partial charge in [-0.1, -0.05) is 0 Å². The number of hydrogen-bond acceptors (Lipinski definition) is 4. The molecule has 1 aliphatic heterocycles. The number of hydrogen-bond donors (Lipinski definition) is 1. The third kappa shape index (κ3) is 2.68. The highest BCUT2D eigenvalue weighted by molar-refractivity contribution is 7.99. The molecule has 5 nitrogen and oxygen atoms in total. The summed E-state index contributed by atoms with van der Waals surface area (Å²) in [5, 5.41) is 6.71. The van der Waals surface area contributed by atoms with Crippen LogP contribution in [-0.4, -0.2) is 47.5 Å². The largest absolute Gasteiger partial charge is 0.281 e. The van der Waals surface area contributed by atoms with Crippen LogP contribution in [0.5, 0.6) is 0 Å². The van der Waals surface area contributed by atoms with Crippen LogP contribution in [0.1, 0.15) is 17.7 Å². The van der Waals surface area contributed by atoms with E-state index in [1.165, 1.54) is 4.31 Å². The number of halogens is 1. The van der Waals surface area contributed by atoms with Gasteiger partial charge in [0, 0.05) is 30.1 Å². The van der Waals surface area contributed by atoms with Crippen molar-refractivity contribution in [2.75, 3.05) is 24.6 Å². The minimum atomic E-state index is -3.51. The van der Waals surface area contributed by atoms with E-state index in [4.69, 9.17) is 11.6 Å². The van der Waals surface area contributed by atoms with Gasteiger partial charge >= 0.3 is 0 Å². The number of alkyl halides is 1. The third-order valence-corrected chi connectivity index (χ3v) is 6.12. The molecule has 1 N–H and O–H groups in total. The number of sulfonamides is 1. The number of H-pyrrole nitrogens is 1. The minimum absolute atomic E-state index is 0.0851. The standard InChI is InChI=1S/C10H16ClN3O2S2/c1-8-9(7-11)10(13-12-8)18(15,16)14-3-2-5-17-6-4-14/h2-7H2,1H3,(H,12,13). The van der Waals surface area contributed by atoms with Gasteiger partial charge < -0.3 is 0 Å². The third-order valence-electron chi connectivity index (χ3n) is 2.94. The molecule has 102 valence electrons. The molecule has 18 heavy (non-hydrogen) atoms. The van der Waals surface area contributed by atoms with Gasteiger partial charge in [-0.25, -0.2) is 8.42 Å². The number of nitrogens with one attached hydrogen (secondary N) is 1. The summed E-state index contributed by atoms with van der Waals surface area (Å²) >= 11 is 7.59. The lowest BCUT2D eigenvalue weighted by Gasteiger charge is -2.18. The van der Waals surface area contributed by atoms with E-state index in [0.717, 1.165) is 17.9 Å². The van der Waals surface area contributed by atoms with Crippen molar-refractivity contribution in [2.45, 2.75) is 24.3 Å². The second-order valence-electron chi connectivity index (χ2n) is 4.14. The molecule has 0 radical (unpaired) electrons. The van der Waals surface area contributed by atoms with E-state index in [1.807, 2.05) is 0 Å². The van der Waals surface area contributed by atoms with Gasteiger partial charge in [-0.3, -0.25) is 5.10 Å². The van der Waals surface area contributed by atoms with Crippen molar-refractivity contribution in [1.29, 1.82) is 0 Å². The Bertz CT molecular complexity index is 507. The first-order valence-corrected chi connectivity index (χ1v) is 8.88. The number of aromatic amines is 1. The molecule has 1 aromatic rings. The SMILES string of the molecule is Cc1[nH]nc(S(=O)(=O)N2CCCSCC2)c1CCl. The highest BCUT2D eigenvalue weighted by atomic mass is 35.5. The topological polar surface area (TPSA) is 66.1 Å². The Morgan fingerprint density at radius 2 is 2.22 bits per heavy atom. The van der Waals surface area contributed by atoms with Crippen molar-refractivity contribution in [3.63, 3.8) is 0 Å². The summed E-state index contributed by atoms with van der Waals surface area (Å²) in [5.74, 6) is 1.99. The summed E-state index contributed by atoms with van der Waals surface area (Å²) in [6.07, 6.45) is 0.878. The smallest absolute Gasteiger partial charge is 0.262 e. The molecule has 2 rings (SSSR count). The van der Waals surface area contributed by atoms with Crippen LogP contribution in [0.3, 0.4) is 0 Å². The van der Waals surface area contributed by atoms with Crippen molar-refractivity contribution in [1.82, 2.24) is 14.5 Å². The molecule has 0 aromatic carbocycles. The van der Waals surface area contributed by atoms with Gasteiger partial charge in [-0.15, -0.1) is 11.6 Å². The molecule has 1 fully saturated rings. The van der Waals surface area contributed by atoms with Crippen LogP contribution in [0.25, 0.3) is 0 Å². The van der Waals surface area contributed by atoms with Gasteiger partial charge in [-0.2, -0.15) is 21.2 Å². The molecular formula is C10H16ClN3O2S2. The van der Waals surface area contributed by atoms with Crippen LogP contribution < -0.4 is 0 Å². The first-order chi connectivity index (χ1) is 8.57. The van der Waals surface area contributed by atoms with Crippen molar-refractivity contribution in [3.05, 3.63) is 11.3 Å². The van der Waals surface area contributed by atoms with E-state index in [2.05, 4.69) is 10.2 Å². The van der Waals surface area contributed by atoms with E-state index in [9.17, 15) is 8.42 Å². The molecule has 8 heteroatoms. The molecule has 0 atom stereocenters. The fourth-order valence-corrected chi connectivity index (χ4v) is 4.94. The maximum Gasteiger partial charge on any atom is 0.262 e. The Labute approximate surface area is 116 Å². The van der Waals surface area contributed by atoms with Crippen molar-refractivity contribution in [2.24, 2.45) is 0 Å². The van der Waals surface area contributed by atoms with Gasteiger partial charge in [0.2, 0.25) is 0 Å². The fraction of sp³-hybridized carbons (Fsp3) is 0.700. The van der Waals surface area contributed by atoms with E-state index in [-0.39, 0.29) is 10.9 Å². The van der Waals surface area contributed by atoms with Crippen LogP contribution in [0.15, 0.2) is 5.03 Å². The fourth-order valence-electron chi connectivity index (χ4n) is 1.89. The number of nitrogens with zero attached hydrogens (tertiary/aromatic N) is 2. The Kier molecular flexibility index (Phi) is 4.58. The molecular weight excluding hydrogens is 294 g/mol. The number of rotatable bonds is 3. The normalized spacial score (nSPS) is 18.8. The van der Waals surface area contributed by atoms with Gasteiger partial charge in [0.25, 0.3) is 10.0 Å². The Balaban J connectivity index is 2.34. The number of thioether (sulfide) groups is 1.